The molecule has 7 nitrogen and oxygen atoms in total. The monoisotopic (exact) mass is 292 g/mol. The fourth-order valence-corrected chi connectivity index (χ4v) is 2.70. The number of nitrogens with two attached hydrogens (primary N) is 1. The van der Waals surface area contributed by atoms with E-state index in [0.717, 1.165) is 25.9 Å². The van der Waals surface area contributed by atoms with Crippen molar-refractivity contribution in [2.45, 2.75) is 25.8 Å². The average Bonchev–Trinajstić information content (AvgIpc) is 2.92. The van der Waals surface area contributed by atoms with Crippen LogP contribution in [0.2, 0.25) is 0 Å². The molecule has 0 bridgehead atoms. The molecule has 1 unspecified atom stereocenters. The molecule has 1 atom stereocenters. The van der Waals surface area contributed by atoms with E-state index in [-0.39, 0.29) is 22.8 Å². The van der Waals surface area contributed by atoms with E-state index in [1.807, 2.05) is 0 Å². The average molecular weight is 292 g/mol. The number of nitrogens with zero attached hydrogens (tertiary/aromatic N) is 2. The van der Waals surface area contributed by atoms with Crippen LogP contribution < -0.4 is 11.1 Å². The number of carbonyl (C=O) groups excluding carboxylic acids is 1. The van der Waals surface area contributed by atoms with Crippen LogP contribution in [0.5, 0.6) is 0 Å². The molecule has 1 amide bonds. The Kier molecular flexibility index (Phi) is 4.74. The van der Waals surface area contributed by atoms with Crippen molar-refractivity contribution < 1.29 is 9.72 Å². The lowest BCUT2D eigenvalue weighted by molar-refractivity contribution is -0.384. The van der Waals surface area contributed by atoms with Crippen molar-refractivity contribution in [2.24, 2.45) is 0 Å². The molecule has 1 aromatic rings. The molecule has 1 aliphatic heterocycles. The normalized spacial score (nSPS) is 18.6. The topological polar surface area (TPSA) is 102 Å². The Morgan fingerprint density at radius 1 is 1.57 bits per heavy atom. The molecule has 0 spiro atoms. The molecule has 114 valence electrons. The molecule has 3 N–H and O–H groups in total. The zero-order chi connectivity index (χ0) is 15.4. The largest absolute Gasteiger partial charge is 0.398 e. The minimum Gasteiger partial charge on any atom is -0.398 e. The summed E-state index contributed by atoms with van der Waals surface area (Å²) in [6.45, 7) is 4.64. The van der Waals surface area contributed by atoms with E-state index in [9.17, 15) is 14.9 Å². The van der Waals surface area contributed by atoms with Gasteiger partial charge in [-0.2, -0.15) is 0 Å². The number of hydrogen-bond donors (Lipinski definition) is 2. The van der Waals surface area contributed by atoms with E-state index in [2.05, 4.69) is 17.1 Å². The van der Waals surface area contributed by atoms with Crippen molar-refractivity contribution in [1.82, 2.24) is 10.2 Å². The Bertz CT molecular complexity index is 547. The smallest absolute Gasteiger partial charge is 0.270 e. The molecule has 0 radical (unpaired) electrons. The summed E-state index contributed by atoms with van der Waals surface area (Å²) in [5.41, 5.74) is 6.00. The Morgan fingerprint density at radius 2 is 2.33 bits per heavy atom. The molecule has 0 aliphatic carbocycles. The zero-order valence-corrected chi connectivity index (χ0v) is 12.0. The lowest BCUT2D eigenvalue weighted by Gasteiger charge is -2.23. The van der Waals surface area contributed by atoms with Crippen LogP contribution in [-0.2, 0) is 0 Å². The Hall–Kier alpha value is -2.15. The second kappa shape index (κ2) is 6.53. The van der Waals surface area contributed by atoms with Gasteiger partial charge in [-0.05, 0) is 32.0 Å². The summed E-state index contributed by atoms with van der Waals surface area (Å²) in [5, 5.41) is 13.6. The second-order valence-corrected chi connectivity index (χ2v) is 5.16. The van der Waals surface area contributed by atoms with Crippen LogP contribution in [0.3, 0.4) is 0 Å². The van der Waals surface area contributed by atoms with Gasteiger partial charge in [-0.25, -0.2) is 0 Å². The molecule has 0 aromatic heterocycles. The van der Waals surface area contributed by atoms with Gasteiger partial charge in [0.2, 0.25) is 0 Å². The molecule has 7 heteroatoms. The van der Waals surface area contributed by atoms with Crippen LogP contribution in [0.4, 0.5) is 11.4 Å². The minimum absolute atomic E-state index is 0.134. The van der Waals surface area contributed by atoms with E-state index in [4.69, 9.17) is 5.73 Å². The number of hydrogen-bond acceptors (Lipinski definition) is 5. The van der Waals surface area contributed by atoms with Gasteiger partial charge in [0.1, 0.15) is 0 Å². The van der Waals surface area contributed by atoms with Gasteiger partial charge in [0.25, 0.3) is 11.6 Å². The first-order chi connectivity index (χ1) is 10.0. The van der Waals surface area contributed by atoms with Crippen LogP contribution in [0.25, 0.3) is 0 Å². The van der Waals surface area contributed by atoms with Crippen LogP contribution >= 0.6 is 0 Å². The van der Waals surface area contributed by atoms with Gasteiger partial charge in [-0.1, -0.05) is 6.92 Å². The van der Waals surface area contributed by atoms with E-state index in [0.29, 0.717) is 12.6 Å². The first-order valence-electron chi connectivity index (χ1n) is 7.09. The zero-order valence-electron chi connectivity index (χ0n) is 12.0. The third-order valence-corrected chi connectivity index (χ3v) is 3.90. The number of anilines is 1. The van der Waals surface area contributed by atoms with E-state index < -0.39 is 4.92 Å². The highest BCUT2D eigenvalue weighted by molar-refractivity contribution is 5.99. The molecule has 1 fully saturated rings. The molecule has 2 rings (SSSR count). The first-order valence-corrected chi connectivity index (χ1v) is 7.09. The van der Waals surface area contributed by atoms with Crippen molar-refractivity contribution in [2.75, 3.05) is 25.4 Å². The van der Waals surface area contributed by atoms with Gasteiger partial charge in [0.05, 0.1) is 10.5 Å². The predicted octanol–water partition coefficient (Wildman–Crippen LogP) is 1.39. The van der Waals surface area contributed by atoms with Crippen molar-refractivity contribution >= 4 is 17.3 Å². The van der Waals surface area contributed by atoms with Gasteiger partial charge < -0.3 is 11.1 Å². The van der Waals surface area contributed by atoms with E-state index in [1.54, 1.807) is 0 Å². The number of benzene rings is 1. The number of non-ortho nitro benzene ring substituents is 1. The fraction of sp³-hybridized carbons (Fsp3) is 0.500. The molecule has 0 saturated carbocycles. The summed E-state index contributed by atoms with van der Waals surface area (Å²) in [6, 6.07) is 4.23. The quantitative estimate of drug-likeness (QED) is 0.485. The number of nitro groups is 1. The Labute approximate surface area is 123 Å². The SMILES string of the molecule is CCN1CCCC1CNC(=O)c1cc([N+](=O)[O-])ccc1N. The predicted molar refractivity (Wildman–Crippen MR) is 80.1 cm³/mol. The second-order valence-electron chi connectivity index (χ2n) is 5.16. The summed E-state index contributed by atoms with van der Waals surface area (Å²) in [7, 11) is 0. The highest BCUT2D eigenvalue weighted by atomic mass is 16.6. The van der Waals surface area contributed by atoms with Gasteiger partial charge in [-0.15, -0.1) is 0 Å². The van der Waals surface area contributed by atoms with Crippen LogP contribution in [-0.4, -0.2) is 41.4 Å². The molecular weight excluding hydrogens is 272 g/mol. The number of nitrogens with one attached hydrogen (secondary N) is 1. The van der Waals surface area contributed by atoms with Crippen molar-refractivity contribution in [3.8, 4) is 0 Å². The number of nitrogen functional groups attached to an aromatic ring is 1. The number of amides is 1. The number of nitro benzene ring substituents is 1. The summed E-state index contributed by atoms with van der Waals surface area (Å²) in [4.78, 5) is 24.7. The van der Waals surface area contributed by atoms with E-state index >= 15 is 0 Å². The lowest BCUT2D eigenvalue weighted by Crippen LogP contribution is -2.40. The highest BCUT2D eigenvalue weighted by Gasteiger charge is 2.24. The van der Waals surface area contributed by atoms with Crippen LogP contribution in [0, 0.1) is 10.1 Å². The third kappa shape index (κ3) is 3.49. The molecular formula is C14H20N4O3. The first kappa shape index (κ1) is 15.2. The summed E-state index contributed by atoms with van der Waals surface area (Å²) in [5.74, 6) is -0.362. The van der Waals surface area contributed by atoms with Crippen molar-refractivity contribution in [3.63, 3.8) is 0 Å². The Morgan fingerprint density at radius 3 is 3.00 bits per heavy atom. The molecule has 1 aliphatic rings. The van der Waals surface area contributed by atoms with Crippen LogP contribution in [0.1, 0.15) is 30.1 Å². The summed E-state index contributed by atoms with van der Waals surface area (Å²) < 4.78 is 0. The lowest BCUT2D eigenvalue weighted by atomic mass is 10.1. The highest BCUT2D eigenvalue weighted by Crippen LogP contribution is 2.20. The summed E-state index contributed by atoms with van der Waals surface area (Å²) >= 11 is 0. The molecule has 21 heavy (non-hydrogen) atoms. The maximum absolute atomic E-state index is 12.2. The maximum atomic E-state index is 12.2. The van der Waals surface area contributed by atoms with Crippen LogP contribution in [0.15, 0.2) is 18.2 Å². The molecule has 1 heterocycles. The number of rotatable bonds is 5. The van der Waals surface area contributed by atoms with E-state index in [1.165, 1.54) is 18.2 Å². The summed E-state index contributed by atoms with van der Waals surface area (Å²) in [6.07, 6.45) is 2.19. The van der Waals surface area contributed by atoms with Crippen molar-refractivity contribution in [1.29, 1.82) is 0 Å². The molecule has 1 aromatic carbocycles. The minimum atomic E-state index is -0.536. The van der Waals surface area contributed by atoms with Gasteiger partial charge in [-0.3, -0.25) is 19.8 Å². The van der Waals surface area contributed by atoms with Crippen molar-refractivity contribution in [3.05, 3.63) is 33.9 Å². The van der Waals surface area contributed by atoms with Gasteiger partial charge >= 0.3 is 0 Å². The maximum Gasteiger partial charge on any atom is 0.270 e. The number of likely N-dealkylation sites (N-methyl/N-ethyl adjacent to an activating group) is 1. The number of likely N-dealkylation sites (tertiary alicyclic amines) is 1. The standard InChI is InChI=1S/C14H20N4O3/c1-2-17-7-3-4-11(17)9-16-14(19)12-8-10(18(20)21)5-6-13(12)15/h5-6,8,11H,2-4,7,9,15H2,1H3,(H,16,19). The third-order valence-electron chi connectivity index (χ3n) is 3.90. The Balaban J connectivity index is 2.03. The van der Waals surface area contributed by atoms with Gasteiger partial charge in [0.15, 0.2) is 0 Å². The van der Waals surface area contributed by atoms with Gasteiger partial charge in [0, 0.05) is 30.4 Å². The molecule has 1 saturated heterocycles. The number of carbonyl (C=O) groups is 1. The fourth-order valence-electron chi connectivity index (χ4n) is 2.70.